The molecule has 1 atom stereocenters. The van der Waals surface area contributed by atoms with Crippen LogP contribution in [0.2, 0.25) is 23.2 Å². The lowest BCUT2D eigenvalue weighted by molar-refractivity contribution is 0.148. The summed E-state index contributed by atoms with van der Waals surface area (Å²) in [5.41, 5.74) is 0. The molecule has 176 valence electrons. The molecule has 0 unspecified atom stereocenters. The van der Waals surface area contributed by atoms with Crippen molar-refractivity contribution in [3.8, 4) is 0 Å². The summed E-state index contributed by atoms with van der Waals surface area (Å²) in [5.74, 6) is 0. The van der Waals surface area contributed by atoms with Gasteiger partial charge in [-0.3, -0.25) is 0 Å². The lowest BCUT2D eigenvalue weighted by Crippen LogP contribution is -2.67. The molecule has 0 aromatic heterocycles. The van der Waals surface area contributed by atoms with Gasteiger partial charge < -0.3 is 8.85 Å². The van der Waals surface area contributed by atoms with Gasteiger partial charge in [-0.05, 0) is 46.4 Å². The van der Waals surface area contributed by atoms with E-state index < -0.39 is 16.6 Å². The Morgan fingerprint density at radius 3 is 1.66 bits per heavy atom. The van der Waals surface area contributed by atoms with Crippen molar-refractivity contribution in [2.75, 3.05) is 6.61 Å². The van der Waals surface area contributed by atoms with Crippen LogP contribution in [0.3, 0.4) is 0 Å². The Bertz CT molecular complexity index is 794. The first-order chi connectivity index (χ1) is 14.8. The summed E-state index contributed by atoms with van der Waals surface area (Å²) in [6.07, 6.45) is 3.77. The zero-order chi connectivity index (χ0) is 24.0. The van der Waals surface area contributed by atoms with E-state index in [0.717, 1.165) is 19.4 Å². The summed E-state index contributed by atoms with van der Waals surface area (Å²) in [5, 5.41) is 2.81. The zero-order valence-corrected chi connectivity index (χ0v) is 23.6. The second kappa shape index (κ2) is 10.6. The van der Waals surface area contributed by atoms with Gasteiger partial charge in [0.25, 0.3) is 8.32 Å². The first-order valence-corrected chi connectivity index (χ1v) is 16.7. The zero-order valence-electron chi connectivity index (χ0n) is 21.6. The molecule has 0 fully saturated rings. The van der Waals surface area contributed by atoms with Gasteiger partial charge in [-0.25, -0.2) is 0 Å². The number of benzene rings is 2. The maximum absolute atomic E-state index is 7.32. The molecule has 0 radical (unpaired) electrons. The van der Waals surface area contributed by atoms with Gasteiger partial charge in [-0.15, -0.1) is 6.58 Å². The Labute approximate surface area is 199 Å². The Morgan fingerprint density at radius 2 is 1.28 bits per heavy atom. The highest BCUT2D eigenvalue weighted by atomic mass is 28.4. The lowest BCUT2D eigenvalue weighted by Gasteiger charge is -2.45. The van der Waals surface area contributed by atoms with Crippen molar-refractivity contribution in [2.24, 2.45) is 0 Å². The smallest absolute Gasteiger partial charge is 0.261 e. The minimum Gasteiger partial charge on any atom is -0.417 e. The van der Waals surface area contributed by atoms with E-state index in [1.807, 2.05) is 6.08 Å². The van der Waals surface area contributed by atoms with Gasteiger partial charge in [0.15, 0.2) is 8.32 Å². The van der Waals surface area contributed by atoms with Gasteiger partial charge in [0.1, 0.15) is 0 Å². The van der Waals surface area contributed by atoms with E-state index in [1.165, 1.54) is 10.4 Å². The molecular weight excluding hydrogens is 424 g/mol. The SMILES string of the molecule is C=CC[C@H](CCO[Si](C)(C)C(C)(C)C)O[Si](c1ccccc1)(c1ccccc1)C(C)(C)C. The van der Waals surface area contributed by atoms with Gasteiger partial charge >= 0.3 is 0 Å². The normalized spacial score (nSPS) is 14.2. The first-order valence-electron chi connectivity index (χ1n) is 11.9. The van der Waals surface area contributed by atoms with Crippen LogP contribution in [0.4, 0.5) is 0 Å². The summed E-state index contributed by atoms with van der Waals surface area (Å²) in [4.78, 5) is 0. The summed E-state index contributed by atoms with van der Waals surface area (Å²) in [6, 6.07) is 21.7. The second-order valence-corrected chi connectivity index (χ2v) is 20.4. The number of hydrogen-bond acceptors (Lipinski definition) is 2. The van der Waals surface area contributed by atoms with Crippen molar-refractivity contribution in [1.82, 2.24) is 0 Å². The highest BCUT2D eigenvalue weighted by molar-refractivity contribution is 6.99. The largest absolute Gasteiger partial charge is 0.417 e. The third-order valence-electron chi connectivity index (χ3n) is 6.90. The van der Waals surface area contributed by atoms with Crippen molar-refractivity contribution >= 4 is 27.0 Å². The molecule has 0 aliphatic carbocycles. The topological polar surface area (TPSA) is 18.5 Å². The minimum absolute atomic E-state index is 0.0323. The van der Waals surface area contributed by atoms with E-state index in [0.29, 0.717) is 0 Å². The molecular formula is C28H44O2Si2. The van der Waals surface area contributed by atoms with Crippen LogP contribution in [0.15, 0.2) is 73.3 Å². The highest BCUT2D eigenvalue weighted by Gasteiger charge is 2.51. The monoisotopic (exact) mass is 468 g/mol. The quantitative estimate of drug-likeness (QED) is 0.278. The fourth-order valence-corrected chi connectivity index (χ4v) is 9.80. The van der Waals surface area contributed by atoms with Crippen molar-refractivity contribution in [2.45, 2.75) is 83.7 Å². The molecule has 0 bridgehead atoms. The third-order valence-corrected chi connectivity index (χ3v) is 16.5. The van der Waals surface area contributed by atoms with Gasteiger partial charge in [0.05, 0.1) is 6.10 Å². The fourth-order valence-electron chi connectivity index (χ4n) is 4.01. The first kappa shape index (κ1) is 26.8. The third kappa shape index (κ3) is 6.10. The van der Waals surface area contributed by atoms with E-state index >= 15 is 0 Å². The molecule has 0 saturated carbocycles. The van der Waals surface area contributed by atoms with Crippen molar-refractivity contribution in [3.63, 3.8) is 0 Å². The summed E-state index contributed by atoms with van der Waals surface area (Å²) < 4.78 is 13.8. The lowest BCUT2D eigenvalue weighted by atomic mass is 10.2. The number of rotatable bonds is 10. The molecule has 0 amide bonds. The molecule has 0 heterocycles. The predicted octanol–water partition coefficient (Wildman–Crippen LogP) is 6.92. The summed E-state index contributed by atoms with van der Waals surface area (Å²) >= 11 is 0. The van der Waals surface area contributed by atoms with Crippen LogP contribution in [0, 0.1) is 0 Å². The molecule has 2 aromatic carbocycles. The Kier molecular flexibility index (Phi) is 8.91. The van der Waals surface area contributed by atoms with Crippen LogP contribution < -0.4 is 10.4 Å². The molecule has 0 aliphatic heterocycles. The van der Waals surface area contributed by atoms with Gasteiger partial charge in [-0.1, -0.05) is 108 Å². The molecule has 0 aliphatic rings. The van der Waals surface area contributed by atoms with E-state index in [4.69, 9.17) is 8.85 Å². The maximum Gasteiger partial charge on any atom is 0.261 e. The Hall–Kier alpha value is -1.47. The van der Waals surface area contributed by atoms with Crippen LogP contribution in [-0.2, 0) is 8.85 Å². The molecule has 0 spiro atoms. The Balaban J connectivity index is 2.43. The van der Waals surface area contributed by atoms with E-state index in [9.17, 15) is 0 Å². The highest BCUT2D eigenvalue weighted by Crippen LogP contribution is 2.39. The second-order valence-electron chi connectivity index (χ2n) is 11.3. The molecule has 0 saturated heterocycles. The van der Waals surface area contributed by atoms with E-state index in [2.05, 4.69) is 122 Å². The summed E-state index contributed by atoms with van der Waals surface area (Å²) in [6.45, 7) is 23.3. The molecule has 0 N–H and O–H groups in total. The molecule has 32 heavy (non-hydrogen) atoms. The number of hydrogen-bond donors (Lipinski definition) is 0. The van der Waals surface area contributed by atoms with E-state index in [1.54, 1.807) is 0 Å². The molecule has 4 heteroatoms. The van der Waals surface area contributed by atoms with Crippen LogP contribution in [0.25, 0.3) is 0 Å². The van der Waals surface area contributed by atoms with Crippen LogP contribution in [0.5, 0.6) is 0 Å². The Morgan fingerprint density at radius 1 is 0.812 bits per heavy atom. The molecule has 2 nitrogen and oxygen atoms in total. The van der Waals surface area contributed by atoms with E-state index in [-0.39, 0.29) is 16.2 Å². The van der Waals surface area contributed by atoms with Crippen molar-refractivity contribution in [3.05, 3.63) is 73.3 Å². The maximum atomic E-state index is 7.32. The van der Waals surface area contributed by atoms with Crippen LogP contribution >= 0.6 is 0 Å². The molecule has 2 rings (SSSR count). The average Bonchev–Trinajstić information content (AvgIpc) is 2.71. The summed E-state index contributed by atoms with van der Waals surface area (Å²) in [7, 11) is -4.36. The van der Waals surface area contributed by atoms with Gasteiger partial charge in [0, 0.05) is 6.61 Å². The van der Waals surface area contributed by atoms with Crippen LogP contribution in [-0.4, -0.2) is 29.3 Å². The van der Waals surface area contributed by atoms with Crippen molar-refractivity contribution < 1.29 is 8.85 Å². The average molecular weight is 469 g/mol. The minimum atomic E-state index is -2.57. The standard InChI is InChI=1S/C28H44O2Si2/c1-10-17-24(22-23-29-31(8,9)27(2,3)4)30-32(28(5,6)7,25-18-13-11-14-19-25)26-20-15-12-16-21-26/h10-16,18-21,24H,1,17,22-23H2,2-9H3/t24-/m1/s1. The molecule has 2 aromatic rings. The van der Waals surface area contributed by atoms with Crippen LogP contribution in [0.1, 0.15) is 54.4 Å². The fraction of sp³-hybridized carbons (Fsp3) is 0.500. The van der Waals surface area contributed by atoms with Gasteiger partial charge in [-0.2, -0.15) is 0 Å². The van der Waals surface area contributed by atoms with Gasteiger partial charge in [0.2, 0.25) is 0 Å². The van der Waals surface area contributed by atoms with Crippen molar-refractivity contribution in [1.29, 1.82) is 0 Å². The predicted molar refractivity (Wildman–Crippen MR) is 145 cm³/mol.